The van der Waals surface area contributed by atoms with Gasteiger partial charge in [0.25, 0.3) is 0 Å². The minimum atomic E-state index is 0.546. The Balaban J connectivity index is 2.01. The van der Waals surface area contributed by atoms with Crippen LogP contribution in [0.5, 0.6) is 0 Å². The lowest BCUT2D eigenvalue weighted by molar-refractivity contribution is 0.483. The molecule has 3 rings (SSSR count). The van der Waals surface area contributed by atoms with Gasteiger partial charge >= 0.3 is 0 Å². The van der Waals surface area contributed by atoms with Gasteiger partial charge in [-0.15, -0.1) is 11.3 Å². The van der Waals surface area contributed by atoms with Crippen LogP contribution in [0.2, 0.25) is 0 Å². The Kier molecular flexibility index (Phi) is 2.53. The van der Waals surface area contributed by atoms with Gasteiger partial charge in [-0.2, -0.15) is 0 Å². The Morgan fingerprint density at radius 3 is 3.31 bits per heavy atom. The van der Waals surface area contributed by atoms with Crippen LogP contribution in [0.25, 0.3) is 10.1 Å². The third-order valence-electron chi connectivity index (χ3n) is 3.03. The van der Waals surface area contributed by atoms with Crippen LogP contribution in [0.3, 0.4) is 0 Å². The van der Waals surface area contributed by atoms with Gasteiger partial charge in [0.05, 0.1) is 0 Å². The maximum atomic E-state index is 4.54. The third-order valence-corrected chi connectivity index (χ3v) is 3.91. The van der Waals surface area contributed by atoms with Crippen molar-refractivity contribution in [3.8, 4) is 0 Å². The molecule has 0 amide bonds. The second-order valence-electron chi connectivity index (χ2n) is 4.27. The van der Waals surface area contributed by atoms with Crippen molar-refractivity contribution in [2.75, 3.05) is 24.5 Å². The highest BCUT2D eigenvalue weighted by Crippen LogP contribution is 2.28. The molecule has 1 N–H and O–H groups in total. The smallest absolute Gasteiger partial charge is 0.137 e. The van der Waals surface area contributed by atoms with Crippen molar-refractivity contribution in [3.05, 3.63) is 23.7 Å². The zero-order valence-electron chi connectivity index (χ0n) is 9.31. The molecular weight excluding hydrogens is 218 g/mol. The van der Waals surface area contributed by atoms with Crippen LogP contribution in [0.1, 0.15) is 6.92 Å². The third kappa shape index (κ3) is 1.68. The van der Waals surface area contributed by atoms with Crippen LogP contribution in [-0.2, 0) is 0 Å². The maximum Gasteiger partial charge on any atom is 0.137 e. The van der Waals surface area contributed by atoms with E-state index in [1.54, 1.807) is 11.3 Å². The van der Waals surface area contributed by atoms with E-state index in [0.29, 0.717) is 6.04 Å². The monoisotopic (exact) mass is 233 g/mol. The molecule has 0 radical (unpaired) electrons. The fourth-order valence-electron chi connectivity index (χ4n) is 2.26. The molecule has 16 heavy (non-hydrogen) atoms. The summed E-state index contributed by atoms with van der Waals surface area (Å²) in [6.45, 7) is 5.36. The topological polar surface area (TPSA) is 28.2 Å². The zero-order valence-corrected chi connectivity index (χ0v) is 10.1. The van der Waals surface area contributed by atoms with E-state index >= 15 is 0 Å². The summed E-state index contributed by atoms with van der Waals surface area (Å²) in [5.41, 5.74) is 0. The van der Waals surface area contributed by atoms with Crippen LogP contribution in [0.15, 0.2) is 23.7 Å². The molecule has 0 aromatic carbocycles. The van der Waals surface area contributed by atoms with Crippen LogP contribution >= 0.6 is 11.3 Å². The molecule has 2 aromatic heterocycles. The number of hydrogen-bond donors (Lipinski definition) is 1. The minimum absolute atomic E-state index is 0.546. The molecule has 0 saturated carbocycles. The number of thiophene rings is 1. The number of nitrogens with one attached hydrogen (secondary N) is 1. The summed E-state index contributed by atoms with van der Waals surface area (Å²) >= 11 is 1.78. The lowest BCUT2D eigenvalue weighted by Gasteiger charge is -2.33. The Labute approximate surface area is 99.1 Å². The molecule has 0 bridgehead atoms. The van der Waals surface area contributed by atoms with Crippen LogP contribution < -0.4 is 10.2 Å². The molecule has 1 aliphatic heterocycles. The number of anilines is 1. The first-order valence-corrected chi connectivity index (χ1v) is 6.53. The maximum absolute atomic E-state index is 4.54. The predicted molar refractivity (Wildman–Crippen MR) is 69.3 cm³/mol. The van der Waals surface area contributed by atoms with Crippen molar-refractivity contribution in [1.29, 1.82) is 0 Å². The summed E-state index contributed by atoms with van der Waals surface area (Å²) in [5.74, 6) is 1.15. The molecule has 1 aliphatic rings. The van der Waals surface area contributed by atoms with Crippen LogP contribution in [-0.4, -0.2) is 30.7 Å². The number of pyridine rings is 1. The van der Waals surface area contributed by atoms with E-state index < -0.39 is 0 Å². The van der Waals surface area contributed by atoms with Crippen molar-refractivity contribution < 1.29 is 0 Å². The molecule has 3 nitrogen and oxygen atoms in total. The molecule has 1 unspecified atom stereocenters. The molecule has 0 spiro atoms. The van der Waals surface area contributed by atoms with E-state index in [-0.39, 0.29) is 0 Å². The first-order valence-electron chi connectivity index (χ1n) is 5.65. The summed E-state index contributed by atoms with van der Waals surface area (Å²) in [5, 5.41) is 6.89. The molecule has 4 heteroatoms. The Bertz CT molecular complexity index is 494. The van der Waals surface area contributed by atoms with Gasteiger partial charge in [-0.3, -0.25) is 0 Å². The normalized spacial score (nSPS) is 21.6. The average Bonchev–Trinajstić information content (AvgIpc) is 2.76. The summed E-state index contributed by atoms with van der Waals surface area (Å²) < 4.78 is 1.33. The number of hydrogen-bond acceptors (Lipinski definition) is 4. The van der Waals surface area contributed by atoms with Crippen molar-refractivity contribution in [1.82, 2.24) is 10.3 Å². The predicted octanol–water partition coefficient (Wildman–Crippen LogP) is 2.09. The first kappa shape index (κ1) is 10.1. The molecule has 84 valence electrons. The number of piperazine rings is 1. The summed E-state index contributed by atoms with van der Waals surface area (Å²) in [6, 6.07) is 4.81. The molecule has 1 fully saturated rings. The Morgan fingerprint density at radius 1 is 1.50 bits per heavy atom. The SMILES string of the molecule is CC1CN(c2nccc3sccc23)CCN1. The van der Waals surface area contributed by atoms with Gasteiger partial charge in [-0.05, 0) is 24.4 Å². The second kappa shape index (κ2) is 4.03. The van der Waals surface area contributed by atoms with Crippen molar-refractivity contribution in [3.63, 3.8) is 0 Å². The molecule has 2 aromatic rings. The van der Waals surface area contributed by atoms with Crippen molar-refractivity contribution in [2.45, 2.75) is 13.0 Å². The van der Waals surface area contributed by atoms with Crippen molar-refractivity contribution >= 4 is 27.2 Å². The Morgan fingerprint density at radius 2 is 2.44 bits per heavy atom. The highest BCUT2D eigenvalue weighted by Gasteiger charge is 2.18. The first-order chi connectivity index (χ1) is 7.84. The van der Waals surface area contributed by atoms with Crippen LogP contribution in [0.4, 0.5) is 5.82 Å². The fourth-order valence-corrected chi connectivity index (χ4v) is 3.03. The van der Waals surface area contributed by atoms with Gasteiger partial charge < -0.3 is 10.2 Å². The van der Waals surface area contributed by atoms with Gasteiger partial charge in [0.2, 0.25) is 0 Å². The summed E-state index contributed by atoms with van der Waals surface area (Å²) in [4.78, 5) is 6.93. The van der Waals surface area contributed by atoms with E-state index in [0.717, 1.165) is 25.5 Å². The molecule has 3 heterocycles. The highest BCUT2D eigenvalue weighted by molar-refractivity contribution is 7.17. The van der Waals surface area contributed by atoms with E-state index in [4.69, 9.17) is 0 Å². The van der Waals surface area contributed by atoms with E-state index in [9.17, 15) is 0 Å². The van der Waals surface area contributed by atoms with Crippen molar-refractivity contribution in [2.24, 2.45) is 0 Å². The van der Waals surface area contributed by atoms with Gasteiger partial charge in [-0.25, -0.2) is 4.98 Å². The lowest BCUT2D eigenvalue weighted by Crippen LogP contribution is -2.49. The summed E-state index contributed by atoms with van der Waals surface area (Å²) in [7, 11) is 0. The van der Waals surface area contributed by atoms with E-state index in [1.165, 1.54) is 10.1 Å². The number of fused-ring (bicyclic) bond motifs is 1. The quantitative estimate of drug-likeness (QED) is 0.817. The Hall–Kier alpha value is -1.13. The number of aromatic nitrogens is 1. The van der Waals surface area contributed by atoms with Gasteiger partial charge in [0.1, 0.15) is 5.82 Å². The molecule has 1 saturated heterocycles. The van der Waals surface area contributed by atoms with Gasteiger partial charge in [0, 0.05) is 42.0 Å². The van der Waals surface area contributed by atoms with Crippen LogP contribution in [0, 0.1) is 0 Å². The lowest BCUT2D eigenvalue weighted by atomic mass is 10.2. The van der Waals surface area contributed by atoms with Gasteiger partial charge in [-0.1, -0.05) is 0 Å². The van der Waals surface area contributed by atoms with Gasteiger partial charge in [0.15, 0.2) is 0 Å². The summed E-state index contributed by atoms with van der Waals surface area (Å²) in [6.07, 6.45) is 1.92. The average molecular weight is 233 g/mol. The molecular formula is C12H15N3S. The molecule has 1 atom stereocenters. The molecule has 0 aliphatic carbocycles. The standard InChI is InChI=1S/C12H15N3S/c1-9-8-15(6-5-13-9)12-10-3-7-16-11(10)2-4-14-12/h2-4,7,9,13H,5-6,8H2,1H3. The largest absolute Gasteiger partial charge is 0.353 e. The minimum Gasteiger partial charge on any atom is -0.353 e. The zero-order chi connectivity index (χ0) is 11.0. The van der Waals surface area contributed by atoms with E-state index in [1.807, 2.05) is 6.20 Å². The number of nitrogens with zero attached hydrogens (tertiary/aromatic N) is 2. The van der Waals surface area contributed by atoms with E-state index in [2.05, 4.69) is 39.6 Å². The fraction of sp³-hybridized carbons (Fsp3) is 0.417. The second-order valence-corrected chi connectivity index (χ2v) is 5.22. The highest BCUT2D eigenvalue weighted by atomic mass is 32.1. The number of rotatable bonds is 1.